The number of carboxylic acids is 1. The van der Waals surface area contributed by atoms with Crippen LogP contribution in [0.1, 0.15) is 22.4 Å². The van der Waals surface area contributed by atoms with Crippen molar-refractivity contribution in [2.24, 2.45) is 0 Å². The molecule has 158 valence electrons. The summed E-state index contributed by atoms with van der Waals surface area (Å²) in [7, 11) is 4.64. The van der Waals surface area contributed by atoms with Crippen molar-refractivity contribution in [1.82, 2.24) is 10.3 Å². The molecule has 0 radical (unpaired) electrons. The highest BCUT2D eigenvalue weighted by Gasteiger charge is 2.46. The molecular formula is C23H26N2O5. The van der Waals surface area contributed by atoms with Crippen LogP contribution in [0.4, 0.5) is 0 Å². The van der Waals surface area contributed by atoms with Gasteiger partial charge in [0, 0.05) is 23.9 Å². The number of methoxy groups -OCH3 is 3. The van der Waals surface area contributed by atoms with Crippen LogP contribution in [0.3, 0.4) is 0 Å². The molecule has 4 rings (SSSR count). The monoisotopic (exact) mass is 410 g/mol. The second kappa shape index (κ2) is 7.57. The zero-order valence-corrected chi connectivity index (χ0v) is 17.6. The van der Waals surface area contributed by atoms with Crippen molar-refractivity contribution in [1.29, 1.82) is 0 Å². The molecule has 30 heavy (non-hydrogen) atoms. The summed E-state index contributed by atoms with van der Waals surface area (Å²) in [6, 6.07) is 9.75. The molecule has 0 spiro atoms. The summed E-state index contributed by atoms with van der Waals surface area (Å²) in [5.74, 6) is 0.540. The molecule has 0 aliphatic carbocycles. The highest BCUT2D eigenvalue weighted by atomic mass is 16.5. The van der Waals surface area contributed by atoms with E-state index in [4.69, 9.17) is 14.2 Å². The van der Waals surface area contributed by atoms with E-state index in [1.165, 1.54) is 0 Å². The van der Waals surface area contributed by atoms with Gasteiger partial charge in [-0.25, -0.2) is 4.79 Å². The van der Waals surface area contributed by atoms with Crippen LogP contribution in [0.15, 0.2) is 30.3 Å². The van der Waals surface area contributed by atoms with Crippen molar-refractivity contribution in [2.45, 2.75) is 25.3 Å². The zero-order valence-electron chi connectivity index (χ0n) is 17.6. The number of carboxylic acid groups (broad SMARTS) is 1. The topological polar surface area (TPSA) is 92.8 Å². The van der Waals surface area contributed by atoms with E-state index >= 15 is 0 Å². The minimum absolute atomic E-state index is 0.220. The van der Waals surface area contributed by atoms with Crippen LogP contribution < -0.4 is 19.5 Å². The fraction of sp³-hybridized carbons (Fsp3) is 0.348. The second-order valence-electron chi connectivity index (χ2n) is 7.63. The average molecular weight is 410 g/mol. The lowest BCUT2D eigenvalue weighted by Gasteiger charge is -2.35. The van der Waals surface area contributed by atoms with Crippen LogP contribution in [0.25, 0.3) is 10.9 Å². The summed E-state index contributed by atoms with van der Waals surface area (Å²) in [6.45, 7) is 2.62. The first-order valence-corrected chi connectivity index (χ1v) is 9.82. The molecule has 1 aromatic heterocycles. The zero-order chi connectivity index (χ0) is 21.5. The van der Waals surface area contributed by atoms with Crippen molar-refractivity contribution in [3.05, 3.63) is 52.7 Å². The molecule has 7 nitrogen and oxygen atoms in total. The summed E-state index contributed by atoms with van der Waals surface area (Å²) in [4.78, 5) is 16.0. The van der Waals surface area contributed by atoms with Crippen molar-refractivity contribution in [3.8, 4) is 17.2 Å². The fourth-order valence-corrected chi connectivity index (χ4v) is 4.43. The summed E-state index contributed by atoms with van der Waals surface area (Å²) in [5, 5.41) is 14.7. The number of rotatable bonds is 6. The predicted molar refractivity (Wildman–Crippen MR) is 114 cm³/mol. The number of hydrogen-bond donors (Lipinski definition) is 3. The number of hydrogen-bond acceptors (Lipinski definition) is 5. The molecule has 1 unspecified atom stereocenters. The quantitative estimate of drug-likeness (QED) is 0.578. The Balaban J connectivity index is 1.87. The maximum absolute atomic E-state index is 12.6. The third-order valence-electron chi connectivity index (χ3n) is 5.85. The fourth-order valence-electron chi connectivity index (χ4n) is 4.43. The summed E-state index contributed by atoms with van der Waals surface area (Å²) >= 11 is 0. The van der Waals surface area contributed by atoms with Gasteiger partial charge in [-0.05, 0) is 48.7 Å². The molecule has 7 heteroatoms. The lowest BCUT2D eigenvalue weighted by molar-refractivity contribution is -0.145. The average Bonchev–Trinajstić information content (AvgIpc) is 3.12. The molecule has 1 atom stereocenters. The van der Waals surface area contributed by atoms with Gasteiger partial charge >= 0.3 is 5.97 Å². The number of nitrogens with one attached hydrogen (secondary N) is 2. The Morgan fingerprint density at radius 3 is 2.40 bits per heavy atom. The lowest BCUT2D eigenvalue weighted by atomic mass is 9.81. The van der Waals surface area contributed by atoms with Crippen LogP contribution in [0.2, 0.25) is 0 Å². The number of aromatic nitrogens is 1. The molecule has 2 aromatic carbocycles. The van der Waals surface area contributed by atoms with Gasteiger partial charge in [-0.1, -0.05) is 11.6 Å². The van der Waals surface area contributed by atoms with E-state index in [2.05, 4.69) is 16.4 Å². The number of aliphatic carboxylic acids is 1. The van der Waals surface area contributed by atoms with Crippen LogP contribution in [0.5, 0.6) is 17.2 Å². The standard InChI is InChI=1S/C23H26N2O5/c1-13-5-6-17-16(9-13)15-7-8-24-23(22(26)27,21(15)25-17)12-14-10-18(28-2)20(30-4)19(11-14)29-3/h5-6,9-11,24-25H,7-8,12H2,1-4H3,(H,26,27). The van der Waals surface area contributed by atoms with Crippen molar-refractivity contribution in [3.63, 3.8) is 0 Å². The number of aryl methyl sites for hydroxylation is 1. The number of fused-ring (bicyclic) bond motifs is 3. The van der Waals surface area contributed by atoms with Gasteiger partial charge in [0.05, 0.1) is 27.0 Å². The van der Waals surface area contributed by atoms with E-state index in [1.54, 1.807) is 33.5 Å². The molecule has 3 N–H and O–H groups in total. The van der Waals surface area contributed by atoms with Gasteiger partial charge in [-0.2, -0.15) is 0 Å². The second-order valence-corrected chi connectivity index (χ2v) is 7.63. The molecule has 3 aromatic rings. The maximum Gasteiger partial charge on any atom is 0.330 e. The molecule has 0 fully saturated rings. The normalized spacial score (nSPS) is 18.1. The molecular weight excluding hydrogens is 384 g/mol. The van der Waals surface area contributed by atoms with E-state index in [0.29, 0.717) is 29.5 Å². The van der Waals surface area contributed by atoms with E-state index in [-0.39, 0.29) is 6.42 Å². The molecule has 0 bridgehead atoms. The first-order chi connectivity index (χ1) is 14.4. The van der Waals surface area contributed by atoms with E-state index in [1.807, 2.05) is 19.1 Å². The molecule has 2 heterocycles. The Labute approximate surface area is 175 Å². The largest absolute Gasteiger partial charge is 0.493 e. The maximum atomic E-state index is 12.6. The Kier molecular flexibility index (Phi) is 5.07. The minimum atomic E-state index is -1.29. The summed E-state index contributed by atoms with van der Waals surface area (Å²) < 4.78 is 16.3. The van der Waals surface area contributed by atoms with E-state index in [9.17, 15) is 9.90 Å². The van der Waals surface area contributed by atoms with Crippen molar-refractivity contribution < 1.29 is 24.1 Å². The van der Waals surface area contributed by atoms with Gasteiger partial charge in [0.1, 0.15) is 0 Å². The van der Waals surface area contributed by atoms with E-state index in [0.717, 1.165) is 34.0 Å². The molecule has 0 saturated heterocycles. The van der Waals surface area contributed by atoms with Gasteiger partial charge in [0.2, 0.25) is 5.75 Å². The molecule has 0 amide bonds. The first kappa shape index (κ1) is 20.1. The van der Waals surface area contributed by atoms with Gasteiger partial charge < -0.3 is 24.3 Å². The number of ether oxygens (including phenoxy) is 3. The van der Waals surface area contributed by atoms with Gasteiger partial charge in [0.15, 0.2) is 17.0 Å². The Hall–Kier alpha value is -3.19. The van der Waals surface area contributed by atoms with Crippen LogP contribution in [-0.4, -0.2) is 43.9 Å². The number of benzene rings is 2. The van der Waals surface area contributed by atoms with Crippen LogP contribution in [0, 0.1) is 6.92 Å². The van der Waals surface area contributed by atoms with Crippen LogP contribution >= 0.6 is 0 Å². The molecule has 1 aliphatic heterocycles. The molecule has 0 saturated carbocycles. The van der Waals surface area contributed by atoms with Crippen molar-refractivity contribution >= 4 is 16.9 Å². The smallest absolute Gasteiger partial charge is 0.330 e. The Morgan fingerprint density at radius 2 is 1.80 bits per heavy atom. The number of H-pyrrole nitrogens is 1. The third kappa shape index (κ3) is 3.06. The highest BCUT2D eigenvalue weighted by molar-refractivity contribution is 5.90. The van der Waals surface area contributed by atoms with E-state index < -0.39 is 11.5 Å². The first-order valence-electron chi connectivity index (χ1n) is 9.82. The minimum Gasteiger partial charge on any atom is -0.493 e. The Morgan fingerprint density at radius 1 is 1.10 bits per heavy atom. The lowest BCUT2D eigenvalue weighted by Crippen LogP contribution is -2.54. The SMILES string of the molecule is COc1cc(CC2(C(=O)O)NCCc3c2[nH]c2ccc(C)cc32)cc(OC)c1OC. The third-order valence-corrected chi connectivity index (χ3v) is 5.85. The van der Waals surface area contributed by atoms with Crippen molar-refractivity contribution in [2.75, 3.05) is 27.9 Å². The van der Waals surface area contributed by atoms with Gasteiger partial charge in [-0.15, -0.1) is 0 Å². The number of carbonyl (C=O) groups is 1. The van der Waals surface area contributed by atoms with Crippen LogP contribution in [-0.2, 0) is 23.2 Å². The Bertz CT molecular complexity index is 1100. The molecule has 1 aliphatic rings. The predicted octanol–water partition coefficient (Wildman–Crippen LogP) is 3.17. The highest BCUT2D eigenvalue weighted by Crippen LogP contribution is 2.41. The van der Waals surface area contributed by atoms with Gasteiger partial charge in [-0.3, -0.25) is 5.32 Å². The number of aromatic amines is 1. The van der Waals surface area contributed by atoms with Gasteiger partial charge in [0.25, 0.3) is 0 Å². The summed E-state index contributed by atoms with van der Waals surface area (Å²) in [5.41, 5.74) is 3.34. The summed E-state index contributed by atoms with van der Waals surface area (Å²) in [6.07, 6.45) is 0.987.